The Morgan fingerprint density at radius 2 is 1.30 bits per heavy atom. The first-order valence-electron chi connectivity index (χ1n) is 8.80. The van der Waals surface area contributed by atoms with Crippen molar-refractivity contribution in [2.24, 2.45) is 0 Å². The molecular formula is C21H30N2. The predicted octanol–water partition coefficient (Wildman–Crippen LogP) is 5.11. The van der Waals surface area contributed by atoms with Crippen molar-refractivity contribution in [2.45, 2.75) is 52.7 Å². The minimum absolute atomic E-state index is 0.482. The lowest BCUT2D eigenvalue weighted by molar-refractivity contribution is -0.0671. The molecule has 2 aromatic rings. The van der Waals surface area contributed by atoms with Crippen molar-refractivity contribution in [1.82, 2.24) is 10.0 Å². The summed E-state index contributed by atoms with van der Waals surface area (Å²) < 4.78 is 0. The van der Waals surface area contributed by atoms with Crippen molar-refractivity contribution in [3.05, 3.63) is 71.8 Å². The number of unbranched alkanes of at least 4 members (excludes halogenated alkanes) is 1. The Balaban J connectivity index is 2.14. The number of hydrogen-bond donors (Lipinski definition) is 0. The van der Waals surface area contributed by atoms with Gasteiger partial charge >= 0.3 is 0 Å². The molecule has 0 fully saturated rings. The first kappa shape index (κ1) is 17.7. The third-order valence-corrected chi connectivity index (χ3v) is 4.12. The molecule has 0 unspecified atom stereocenters. The zero-order valence-corrected chi connectivity index (χ0v) is 14.8. The molecular weight excluding hydrogens is 280 g/mol. The summed E-state index contributed by atoms with van der Waals surface area (Å²) in [4.78, 5) is 0. The molecule has 0 saturated heterocycles. The molecule has 0 saturated carbocycles. The molecule has 124 valence electrons. The molecule has 0 aliphatic rings. The number of nitrogens with zero attached hydrogens (tertiary/aromatic N) is 2. The number of rotatable bonds is 9. The highest BCUT2D eigenvalue weighted by Gasteiger charge is 2.18. The Kier molecular flexibility index (Phi) is 7.31. The van der Waals surface area contributed by atoms with Crippen LogP contribution in [0.3, 0.4) is 0 Å². The summed E-state index contributed by atoms with van der Waals surface area (Å²) in [6.07, 6.45) is 2.45. The van der Waals surface area contributed by atoms with Gasteiger partial charge in [-0.3, -0.25) is 0 Å². The molecule has 2 aromatic carbocycles. The number of benzene rings is 2. The molecule has 0 radical (unpaired) electrons. The van der Waals surface area contributed by atoms with Crippen LogP contribution in [0.25, 0.3) is 0 Å². The molecule has 2 nitrogen and oxygen atoms in total. The fourth-order valence-electron chi connectivity index (χ4n) is 2.81. The third-order valence-electron chi connectivity index (χ3n) is 4.12. The van der Waals surface area contributed by atoms with E-state index in [1.54, 1.807) is 0 Å². The summed E-state index contributed by atoms with van der Waals surface area (Å²) in [5.74, 6) is 0. The predicted molar refractivity (Wildman–Crippen MR) is 98.9 cm³/mol. The van der Waals surface area contributed by atoms with Gasteiger partial charge in [-0.2, -0.15) is 0 Å². The molecule has 0 spiro atoms. The van der Waals surface area contributed by atoms with Crippen LogP contribution in [-0.2, 0) is 13.1 Å². The second kappa shape index (κ2) is 9.49. The zero-order chi connectivity index (χ0) is 16.5. The van der Waals surface area contributed by atoms with Gasteiger partial charge in [0, 0.05) is 25.7 Å². The van der Waals surface area contributed by atoms with E-state index in [1.807, 2.05) is 0 Å². The maximum Gasteiger partial charge on any atom is 0.0387 e. The quantitative estimate of drug-likeness (QED) is 0.594. The van der Waals surface area contributed by atoms with Crippen molar-refractivity contribution in [1.29, 1.82) is 0 Å². The van der Waals surface area contributed by atoms with E-state index in [9.17, 15) is 0 Å². The molecule has 2 heteroatoms. The summed E-state index contributed by atoms with van der Waals surface area (Å²) in [5.41, 5.74) is 2.75. The summed E-state index contributed by atoms with van der Waals surface area (Å²) in [6.45, 7) is 9.88. The Bertz CT molecular complexity index is 536. The van der Waals surface area contributed by atoms with Gasteiger partial charge in [0.15, 0.2) is 0 Å². The smallest absolute Gasteiger partial charge is 0.0387 e. The van der Waals surface area contributed by atoms with Gasteiger partial charge in [-0.15, -0.1) is 0 Å². The Morgan fingerprint density at radius 3 is 1.78 bits per heavy atom. The van der Waals surface area contributed by atoms with Crippen molar-refractivity contribution in [2.75, 3.05) is 6.54 Å². The van der Waals surface area contributed by atoms with Gasteiger partial charge < -0.3 is 0 Å². The largest absolute Gasteiger partial charge is 0.237 e. The lowest BCUT2D eigenvalue weighted by Gasteiger charge is -2.38. The normalized spacial score (nSPS) is 11.6. The third kappa shape index (κ3) is 5.81. The van der Waals surface area contributed by atoms with Crippen LogP contribution in [0.4, 0.5) is 0 Å². The molecule has 2 rings (SSSR count). The highest BCUT2D eigenvalue weighted by Crippen LogP contribution is 2.16. The van der Waals surface area contributed by atoms with Crippen molar-refractivity contribution in [3.63, 3.8) is 0 Å². The van der Waals surface area contributed by atoms with Crippen molar-refractivity contribution >= 4 is 0 Å². The summed E-state index contributed by atoms with van der Waals surface area (Å²) in [6, 6.07) is 22.0. The molecule has 0 N–H and O–H groups in total. The van der Waals surface area contributed by atoms with Gasteiger partial charge in [0.05, 0.1) is 0 Å². The molecule has 23 heavy (non-hydrogen) atoms. The molecule has 0 amide bonds. The van der Waals surface area contributed by atoms with Gasteiger partial charge in [0.2, 0.25) is 0 Å². The maximum atomic E-state index is 2.52. The average molecular weight is 310 g/mol. The van der Waals surface area contributed by atoms with Crippen molar-refractivity contribution in [3.8, 4) is 0 Å². The average Bonchev–Trinajstić information content (AvgIpc) is 2.58. The van der Waals surface area contributed by atoms with Gasteiger partial charge in [-0.1, -0.05) is 74.0 Å². The Hall–Kier alpha value is -1.64. The summed E-state index contributed by atoms with van der Waals surface area (Å²) in [7, 11) is 0. The van der Waals surface area contributed by atoms with Gasteiger partial charge in [0.1, 0.15) is 0 Å². The monoisotopic (exact) mass is 310 g/mol. The van der Waals surface area contributed by atoms with E-state index >= 15 is 0 Å². The fraction of sp³-hybridized carbons (Fsp3) is 0.429. The second-order valence-corrected chi connectivity index (χ2v) is 6.40. The van der Waals surface area contributed by atoms with Crippen molar-refractivity contribution < 1.29 is 0 Å². The van der Waals surface area contributed by atoms with Gasteiger partial charge in [-0.25, -0.2) is 10.0 Å². The number of hydrazine groups is 1. The Morgan fingerprint density at radius 1 is 0.783 bits per heavy atom. The molecule has 0 bridgehead atoms. The maximum absolute atomic E-state index is 2.52. The van der Waals surface area contributed by atoms with E-state index in [-0.39, 0.29) is 0 Å². The van der Waals surface area contributed by atoms with Crippen LogP contribution in [0.15, 0.2) is 60.7 Å². The lowest BCUT2D eigenvalue weighted by atomic mass is 10.2. The van der Waals surface area contributed by atoms with Crippen LogP contribution >= 0.6 is 0 Å². The molecule has 0 atom stereocenters. The van der Waals surface area contributed by atoms with Crippen LogP contribution < -0.4 is 0 Å². The van der Waals surface area contributed by atoms with E-state index in [4.69, 9.17) is 0 Å². The van der Waals surface area contributed by atoms with E-state index in [1.165, 1.54) is 24.0 Å². The minimum Gasteiger partial charge on any atom is -0.237 e. The van der Waals surface area contributed by atoms with Crippen LogP contribution in [0.2, 0.25) is 0 Å². The fourth-order valence-corrected chi connectivity index (χ4v) is 2.81. The molecule has 0 aromatic heterocycles. The second-order valence-electron chi connectivity index (χ2n) is 6.40. The first-order valence-corrected chi connectivity index (χ1v) is 8.80. The summed E-state index contributed by atoms with van der Waals surface area (Å²) >= 11 is 0. The van der Waals surface area contributed by atoms with Crippen LogP contribution in [0.5, 0.6) is 0 Å². The minimum atomic E-state index is 0.482. The highest BCUT2D eigenvalue weighted by atomic mass is 15.6. The highest BCUT2D eigenvalue weighted by molar-refractivity contribution is 5.16. The first-order chi connectivity index (χ1) is 11.2. The Labute approximate surface area is 141 Å². The van der Waals surface area contributed by atoms with E-state index in [0.717, 1.165) is 19.6 Å². The lowest BCUT2D eigenvalue weighted by Crippen LogP contribution is -2.46. The molecule has 0 aliphatic heterocycles. The molecule has 0 aliphatic carbocycles. The molecule has 0 heterocycles. The van der Waals surface area contributed by atoms with Crippen LogP contribution in [0, 0.1) is 0 Å². The number of hydrogen-bond acceptors (Lipinski definition) is 2. The SMILES string of the molecule is CCCCN(Cc1ccccc1)N(Cc1ccccc1)C(C)C. The van der Waals surface area contributed by atoms with E-state index in [0.29, 0.717) is 6.04 Å². The topological polar surface area (TPSA) is 6.48 Å². The standard InChI is InChI=1S/C21H30N2/c1-4-5-16-22(17-20-12-8-6-9-13-20)23(19(2)3)18-21-14-10-7-11-15-21/h6-15,19H,4-5,16-18H2,1-3H3. The van der Waals surface area contributed by atoms with Crippen LogP contribution in [0.1, 0.15) is 44.7 Å². The van der Waals surface area contributed by atoms with Gasteiger partial charge in [-0.05, 0) is 31.4 Å². The van der Waals surface area contributed by atoms with E-state index in [2.05, 4.69) is 91.5 Å². The van der Waals surface area contributed by atoms with Crippen LogP contribution in [-0.4, -0.2) is 22.6 Å². The van der Waals surface area contributed by atoms with Gasteiger partial charge in [0.25, 0.3) is 0 Å². The van der Waals surface area contributed by atoms with E-state index < -0.39 is 0 Å². The zero-order valence-electron chi connectivity index (χ0n) is 14.8. The summed E-state index contributed by atoms with van der Waals surface area (Å²) in [5, 5.41) is 5.04.